The van der Waals surface area contributed by atoms with Crippen molar-refractivity contribution < 1.29 is 0 Å². The minimum Gasteiger partial charge on any atom is -0.142 e. The molecule has 8 aromatic rings. The van der Waals surface area contributed by atoms with Crippen LogP contribution < -0.4 is 0 Å². The van der Waals surface area contributed by atoms with E-state index in [9.17, 15) is 0 Å². The molecule has 0 spiro atoms. The average Bonchev–Trinajstić information content (AvgIpc) is 3.49. The maximum absolute atomic E-state index is 2.43. The summed E-state index contributed by atoms with van der Waals surface area (Å²) in [5.41, 5.74) is 0. The van der Waals surface area contributed by atoms with Crippen LogP contribution in [0.4, 0.5) is 0 Å². The molecule has 0 atom stereocenters. The van der Waals surface area contributed by atoms with E-state index < -0.39 is 0 Å². The molecule has 0 saturated heterocycles. The number of hydrogen-bond donors (Lipinski definition) is 0. The van der Waals surface area contributed by atoms with Crippen LogP contribution in [0.1, 0.15) is 0 Å². The average molecular weight is 453 g/mol. The van der Waals surface area contributed by atoms with Crippen LogP contribution in [0, 0.1) is 0 Å². The maximum Gasteiger partial charge on any atom is 0.0542 e. The molecule has 0 fully saturated rings. The summed E-state index contributed by atoms with van der Waals surface area (Å²) in [4.78, 5) is 0. The van der Waals surface area contributed by atoms with Gasteiger partial charge in [0.1, 0.15) is 0 Å². The molecule has 0 radical (unpaired) electrons. The van der Waals surface area contributed by atoms with Crippen molar-refractivity contribution >= 4 is 116 Å². The highest BCUT2D eigenvalue weighted by molar-refractivity contribution is 7.37. The Hall–Kier alpha value is -2.50. The Bertz CT molecular complexity index is 1950. The van der Waals surface area contributed by atoms with Crippen LogP contribution in [-0.4, -0.2) is 0 Å². The number of benzene rings is 4. The molecule has 4 aromatic carbocycles. The van der Waals surface area contributed by atoms with Gasteiger partial charge in [0, 0.05) is 35.0 Å². The smallest absolute Gasteiger partial charge is 0.0542 e. The molecule has 4 heterocycles. The molecule has 0 aliphatic carbocycles. The molecule has 0 aliphatic heterocycles. The van der Waals surface area contributed by atoms with Crippen molar-refractivity contribution in [3.05, 3.63) is 72.1 Å². The zero-order valence-corrected chi connectivity index (χ0v) is 18.8. The molecule has 4 heteroatoms. The summed E-state index contributed by atoms with van der Waals surface area (Å²) in [6, 6.07) is 25.2. The van der Waals surface area contributed by atoms with Gasteiger partial charge in [-0.05, 0) is 69.4 Å². The van der Waals surface area contributed by atoms with Gasteiger partial charge in [0.15, 0.2) is 0 Å². The second-order valence-corrected chi connectivity index (χ2v) is 11.9. The van der Waals surface area contributed by atoms with Gasteiger partial charge in [-0.3, -0.25) is 0 Å². The summed E-state index contributed by atoms with van der Waals surface area (Å²) in [6.07, 6.45) is 0. The predicted molar refractivity (Wildman–Crippen MR) is 140 cm³/mol. The lowest BCUT2D eigenvalue weighted by molar-refractivity contribution is 1.80. The fourth-order valence-corrected chi connectivity index (χ4v) is 9.63. The summed E-state index contributed by atoms with van der Waals surface area (Å²) >= 11 is 7.70. The Balaban J connectivity index is 1.50. The summed E-state index contributed by atoms with van der Waals surface area (Å²) in [7, 11) is 0. The maximum atomic E-state index is 2.43. The van der Waals surface area contributed by atoms with E-state index in [-0.39, 0.29) is 0 Å². The third kappa shape index (κ3) is 2.05. The summed E-state index contributed by atoms with van der Waals surface area (Å²) < 4.78 is 9.97. The van der Waals surface area contributed by atoms with E-state index in [4.69, 9.17) is 0 Å². The zero-order chi connectivity index (χ0) is 19.4. The molecule has 4 aromatic heterocycles. The first-order valence-corrected chi connectivity index (χ1v) is 13.2. The van der Waals surface area contributed by atoms with Crippen LogP contribution in [0.15, 0.2) is 72.1 Å². The summed E-state index contributed by atoms with van der Waals surface area (Å²) in [6.45, 7) is 0. The lowest BCUT2D eigenvalue weighted by Gasteiger charge is -2.03. The van der Waals surface area contributed by atoms with E-state index in [2.05, 4.69) is 72.1 Å². The van der Waals surface area contributed by atoms with Crippen molar-refractivity contribution in [2.45, 2.75) is 0 Å². The number of rotatable bonds is 0. The minimum atomic E-state index is 1.31. The molecule has 0 saturated carbocycles. The first-order chi connectivity index (χ1) is 14.8. The van der Waals surface area contributed by atoms with E-state index in [1.54, 1.807) is 0 Å². The summed E-state index contributed by atoms with van der Waals surface area (Å²) in [5.74, 6) is 0. The third-order valence-electron chi connectivity index (χ3n) is 6.10. The van der Waals surface area contributed by atoms with Crippen LogP contribution in [0.2, 0.25) is 0 Å². The quantitative estimate of drug-likeness (QED) is 0.201. The van der Waals surface area contributed by atoms with Gasteiger partial charge < -0.3 is 0 Å². The minimum absolute atomic E-state index is 1.31. The zero-order valence-electron chi connectivity index (χ0n) is 15.6. The Morgan fingerprint density at radius 3 is 1.80 bits per heavy atom. The molecule has 8 rings (SSSR count). The van der Waals surface area contributed by atoms with E-state index in [0.717, 1.165) is 0 Å². The second-order valence-electron chi connectivity index (χ2n) is 7.82. The first-order valence-electron chi connectivity index (χ1n) is 9.83. The fourth-order valence-electron chi connectivity index (χ4n) is 4.68. The molecule has 0 bridgehead atoms. The number of thiophene rings is 4. The van der Waals surface area contributed by atoms with Gasteiger partial charge in [-0.25, -0.2) is 0 Å². The molecule has 0 nitrogen and oxygen atoms in total. The fraction of sp³-hybridized carbons (Fsp3) is 0. The third-order valence-corrected chi connectivity index (χ3v) is 10.8. The molecule has 0 N–H and O–H groups in total. The van der Waals surface area contributed by atoms with Crippen LogP contribution in [0.5, 0.6) is 0 Å². The van der Waals surface area contributed by atoms with Gasteiger partial charge in [0.25, 0.3) is 0 Å². The normalized spacial score (nSPS) is 12.7. The lowest BCUT2D eigenvalue weighted by atomic mass is 10.0. The van der Waals surface area contributed by atoms with Crippen molar-refractivity contribution in [2.75, 3.05) is 0 Å². The second kappa shape index (κ2) is 5.59. The molecular weight excluding hydrogens is 441 g/mol. The Labute approximate surface area is 187 Å². The van der Waals surface area contributed by atoms with Crippen molar-refractivity contribution in [1.82, 2.24) is 0 Å². The molecule has 0 unspecified atom stereocenters. The van der Waals surface area contributed by atoms with Gasteiger partial charge in [0.2, 0.25) is 0 Å². The monoisotopic (exact) mass is 452 g/mol. The topological polar surface area (TPSA) is 0 Å². The SMILES string of the molecule is c1ccc2cc3cc4c(cc3cc2c1)sc1c2cc3sc5ccsc5c3cc2sc41. The number of fused-ring (bicyclic) bond motifs is 10. The van der Waals surface area contributed by atoms with E-state index in [0.29, 0.717) is 0 Å². The van der Waals surface area contributed by atoms with Crippen molar-refractivity contribution in [2.24, 2.45) is 0 Å². The Morgan fingerprint density at radius 1 is 0.433 bits per heavy atom. The molecule has 140 valence electrons. The molecule has 30 heavy (non-hydrogen) atoms. The highest BCUT2D eigenvalue weighted by Crippen LogP contribution is 2.48. The van der Waals surface area contributed by atoms with Crippen LogP contribution in [0.25, 0.3) is 70.6 Å². The van der Waals surface area contributed by atoms with Crippen LogP contribution >= 0.6 is 45.3 Å². The standard InChI is InChI=1S/C26H12S4/c1-2-4-14-8-16-10-21-17(9-15(16)7-13(14)3-1)25-26(29-21)19-12-22-18(11-23(19)30-25)24-20(28-22)5-6-27-24/h1-12H. The van der Waals surface area contributed by atoms with Gasteiger partial charge in [-0.1, -0.05) is 24.3 Å². The van der Waals surface area contributed by atoms with Crippen molar-refractivity contribution in [3.8, 4) is 0 Å². The van der Waals surface area contributed by atoms with E-state index in [1.807, 2.05) is 45.3 Å². The van der Waals surface area contributed by atoms with Gasteiger partial charge in [0.05, 0.1) is 14.1 Å². The Morgan fingerprint density at radius 2 is 1.03 bits per heavy atom. The molecule has 0 aliphatic rings. The van der Waals surface area contributed by atoms with Gasteiger partial charge in [-0.15, -0.1) is 45.3 Å². The number of hydrogen-bond acceptors (Lipinski definition) is 4. The summed E-state index contributed by atoms with van der Waals surface area (Å²) in [5, 5.41) is 11.8. The van der Waals surface area contributed by atoms with E-state index >= 15 is 0 Å². The molecule has 0 amide bonds. The van der Waals surface area contributed by atoms with Crippen LogP contribution in [0.3, 0.4) is 0 Å². The van der Waals surface area contributed by atoms with Gasteiger partial charge in [-0.2, -0.15) is 0 Å². The highest BCUT2D eigenvalue weighted by Gasteiger charge is 2.16. The van der Waals surface area contributed by atoms with Crippen molar-refractivity contribution in [1.29, 1.82) is 0 Å². The largest absolute Gasteiger partial charge is 0.142 e. The van der Waals surface area contributed by atoms with Crippen LogP contribution in [-0.2, 0) is 0 Å². The lowest BCUT2D eigenvalue weighted by Crippen LogP contribution is -1.76. The first kappa shape index (κ1) is 16.2. The van der Waals surface area contributed by atoms with E-state index in [1.165, 1.54) is 70.6 Å². The predicted octanol–water partition coefficient (Wildman–Crippen LogP) is 10.0. The molecular formula is C26H12S4. The highest BCUT2D eigenvalue weighted by atomic mass is 32.1. The van der Waals surface area contributed by atoms with Gasteiger partial charge >= 0.3 is 0 Å². The van der Waals surface area contributed by atoms with Crippen molar-refractivity contribution in [3.63, 3.8) is 0 Å². The Kier molecular flexibility index (Phi) is 3.03.